The largest absolute Gasteiger partial charge is 0.360 e. The fourth-order valence-electron chi connectivity index (χ4n) is 2.78. The van der Waals surface area contributed by atoms with Gasteiger partial charge >= 0.3 is 0 Å². The molecule has 124 valence electrons. The Morgan fingerprint density at radius 2 is 1.48 bits per heavy atom. The van der Waals surface area contributed by atoms with Gasteiger partial charge in [-0.1, -0.05) is 0 Å². The average molecular weight is 331 g/mol. The van der Waals surface area contributed by atoms with Crippen molar-refractivity contribution in [2.24, 2.45) is 0 Å². The van der Waals surface area contributed by atoms with Crippen LogP contribution < -0.4 is 0 Å². The lowest BCUT2D eigenvalue weighted by atomic mass is 10.1. The average Bonchev–Trinajstić information content (AvgIpc) is 3.32. The van der Waals surface area contributed by atoms with Crippen molar-refractivity contribution in [2.75, 3.05) is 14.1 Å². The Morgan fingerprint density at radius 1 is 0.880 bits per heavy atom. The Balaban J connectivity index is 1.95. The summed E-state index contributed by atoms with van der Waals surface area (Å²) in [5.41, 5.74) is 5.32. The molecular formula is C19H17N5O. The summed E-state index contributed by atoms with van der Waals surface area (Å²) in [4.78, 5) is 29.7. The number of carbonyl (C=O) groups is 1. The fourth-order valence-corrected chi connectivity index (χ4v) is 2.78. The standard InChI is InChI=1S/C19H17N5O/c1-24(2)19(25)12-7-8-13-16(11-12)23-18(15-6-4-10-21-15)17(22-13)14-5-3-9-20-14/h3-11,20-21H,1-2H3. The molecule has 0 saturated heterocycles. The molecule has 0 aliphatic rings. The molecule has 0 radical (unpaired) electrons. The molecule has 1 aromatic carbocycles. The minimum Gasteiger partial charge on any atom is -0.360 e. The Hall–Kier alpha value is -3.41. The van der Waals surface area contributed by atoms with Crippen molar-refractivity contribution in [3.05, 3.63) is 60.4 Å². The second-order valence-electron chi connectivity index (χ2n) is 5.99. The predicted octanol–water partition coefficient (Wildman–Crippen LogP) is 3.32. The van der Waals surface area contributed by atoms with Crippen LogP contribution in [0.15, 0.2) is 54.9 Å². The number of carbonyl (C=O) groups excluding carboxylic acids is 1. The Morgan fingerprint density at radius 3 is 2.00 bits per heavy atom. The van der Waals surface area contributed by atoms with E-state index in [0.29, 0.717) is 11.1 Å². The van der Waals surface area contributed by atoms with E-state index in [1.807, 2.05) is 42.7 Å². The summed E-state index contributed by atoms with van der Waals surface area (Å²) in [7, 11) is 3.47. The first-order valence-corrected chi connectivity index (χ1v) is 7.94. The van der Waals surface area contributed by atoms with Gasteiger partial charge in [0.2, 0.25) is 0 Å². The molecule has 3 heterocycles. The number of rotatable bonds is 3. The number of nitrogens with one attached hydrogen (secondary N) is 2. The third kappa shape index (κ3) is 2.67. The molecular weight excluding hydrogens is 314 g/mol. The molecule has 6 nitrogen and oxygen atoms in total. The van der Waals surface area contributed by atoms with E-state index in [2.05, 4.69) is 9.97 Å². The van der Waals surface area contributed by atoms with Crippen molar-refractivity contribution in [1.82, 2.24) is 24.8 Å². The SMILES string of the molecule is CN(C)C(=O)c1ccc2nc(-c3ccc[nH]3)c(-c3ccc[nH]3)nc2c1. The third-order valence-electron chi connectivity index (χ3n) is 4.02. The Bertz CT molecular complexity index is 1030. The molecule has 6 heteroatoms. The minimum atomic E-state index is -0.0569. The van der Waals surface area contributed by atoms with E-state index in [9.17, 15) is 4.79 Å². The van der Waals surface area contributed by atoms with Gasteiger partial charge in [0.25, 0.3) is 5.91 Å². The number of amides is 1. The summed E-state index contributed by atoms with van der Waals surface area (Å²) in [6.07, 6.45) is 3.71. The van der Waals surface area contributed by atoms with Crippen molar-refractivity contribution >= 4 is 16.9 Å². The minimum absolute atomic E-state index is 0.0569. The van der Waals surface area contributed by atoms with Crippen LogP contribution in [0.25, 0.3) is 33.8 Å². The summed E-state index contributed by atoms with van der Waals surface area (Å²) in [5, 5.41) is 0. The first-order valence-electron chi connectivity index (χ1n) is 7.94. The van der Waals surface area contributed by atoms with Gasteiger partial charge < -0.3 is 14.9 Å². The smallest absolute Gasteiger partial charge is 0.253 e. The van der Waals surface area contributed by atoms with Crippen LogP contribution in [0.1, 0.15) is 10.4 Å². The molecule has 3 aromatic heterocycles. The Kier molecular flexibility index (Phi) is 3.57. The van der Waals surface area contributed by atoms with E-state index in [4.69, 9.17) is 9.97 Å². The van der Waals surface area contributed by atoms with E-state index < -0.39 is 0 Å². The van der Waals surface area contributed by atoms with Gasteiger partial charge in [0.1, 0.15) is 11.4 Å². The monoisotopic (exact) mass is 331 g/mol. The molecule has 0 fully saturated rings. The van der Waals surface area contributed by atoms with E-state index >= 15 is 0 Å². The molecule has 0 bridgehead atoms. The first kappa shape index (κ1) is 15.1. The summed E-state index contributed by atoms with van der Waals surface area (Å²) >= 11 is 0. The lowest BCUT2D eigenvalue weighted by Crippen LogP contribution is -2.21. The zero-order valence-electron chi connectivity index (χ0n) is 13.9. The summed E-state index contributed by atoms with van der Waals surface area (Å²) in [6.45, 7) is 0. The number of fused-ring (bicyclic) bond motifs is 1. The lowest BCUT2D eigenvalue weighted by molar-refractivity contribution is 0.0827. The fraction of sp³-hybridized carbons (Fsp3) is 0.105. The molecule has 4 aromatic rings. The van der Waals surface area contributed by atoms with Gasteiger partial charge in [0, 0.05) is 32.1 Å². The predicted molar refractivity (Wildman–Crippen MR) is 97.1 cm³/mol. The van der Waals surface area contributed by atoms with Crippen LogP contribution in [0.2, 0.25) is 0 Å². The van der Waals surface area contributed by atoms with Gasteiger partial charge in [-0.05, 0) is 42.5 Å². The maximum atomic E-state index is 12.2. The van der Waals surface area contributed by atoms with Crippen LogP contribution in [0.5, 0.6) is 0 Å². The van der Waals surface area contributed by atoms with Crippen molar-refractivity contribution in [3.63, 3.8) is 0 Å². The number of H-pyrrole nitrogens is 2. The van der Waals surface area contributed by atoms with Crippen molar-refractivity contribution in [1.29, 1.82) is 0 Å². The molecule has 0 aliphatic carbocycles. The van der Waals surface area contributed by atoms with Gasteiger partial charge in [0.05, 0.1) is 22.4 Å². The van der Waals surface area contributed by atoms with Gasteiger partial charge in [-0.25, -0.2) is 9.97 Å². The first-order chi connectivity index (χ1) is 12.1. The second-order valence-corrected chi connectivity index (χ2v) is 5.99. The van der Waals surface area contributed by atoms with Crippen molar-refractivity contribution < 1.29 is 4.79 Å². The molecule has 0 saturated carbocycles. The van der Waals surface area contributed by atoms with E-state index in [0.717, 1.165) is 28.3 Å². The number of aromatic amines is 2. The van der Waals surface area contributed by atoms with Gasteiger partial charge in [-0.2, -0.15) is 0 Å². The highest BCUT2D eigenvalue weighted by atomic mass is 16.2. The highest BCUT2D eigenvalue weighted by Gasteiger charge is 2.16. The normalized spacial score (nSPS) is 11.0. The highest BCUT2D eigenvalue weighted by molar-refractivity contribution is 5.97. The quantitative estimate of drug-likeness (QED) is 0.604. The molecule has 0 aliphatic heterocycles. The van der Waals surface area contributed by atoms with E-state index in [1.54, 1.807) is 31.1 Å². The number of benzene rings is 1. The van der Waals surface area contributed by atoms with Gasteiger partial charge in [0.15, 0.2) is 0 Å². The topological polar surface area (TPSA) is 77.7 Å². The number of aromatic nitrogens is 4. The number of nitrogens with zero attached hydrogens (tertiary/aromatic N) is 3. The molecule has 0 unspecified atom stereocenters. The molecule has 4 rings (SSSR count). The van der Waals surface area contributed by atoms with Crippen LogP contribution >= 0.6 is 0 Å². The van der Waals surface area contributed by atoms with Crippen molar-refractivity contribution in [3.8, 4) is 22.8 Å². The zero-order chi connectivity index (χ0) is 17.4. The van der Waals surface area contributed by atoms with Crippen LogP contribution in [0.3, 0.4) is 0 Å². The highest BCUT2D eigenvalue weighted by Crippen LogP contribution is 2.29. The van der Waals surface area contributed by atoms with Gasteiger partial charge in [-0.15, -0.1) is 0 Å². The molecule has 1 amide bonds. The molecule has 0 spiro atoms. The van der Waals surface area contributed by atoms with E-state index in [-0.39, 0.29) is 5.91 Å². The van der Waals surface area contributed by atoms with Crippen LogP contribution in [0, 0.1) is 0 Å². The molecule has 0 atom stereocenters. The maximum Gasteiger partial charge on any atom is 0.253 e. The maximum absolute atomic E-state index is 12.2. The third-order valence-corrected chi connectivity index (χ3v) is 4.02. The summed E-state index contributed by atoms with van der Waals surface area (Å²) in [6, 6.07) is 13.2. The van der Waals surface area contributed by atoms with Crippen LogP contribution in [0.4, 0.5) is 0 Å². The van der Waals surface area contributed by atoms with Crippen LogP contribution in [-0.2, 0) is 0 Å². The van der Waals surface area contributed by atoms with Gasteiger partial charge in [-0.3, -0.25) is 4.79 Å². The molecule has 25 heavy (non-hydrogen) atoms. The summed E-state index contributed by atoms with van der Waals surface area (Å²) < 4.78 is 0. The lowest BCUT2D eigenvalue weighted by Gasteiger charge is -2.12. The van der Waals surface area contributed by atoms with Crippen LogP contribution in [-0.4, -0.2) is 44.8 Å². The zero-order valence-corrected chi connectivity index (χ0v) is 13.9. The second kappa shape index (κ2) is 5.90. The Labute approximate surface area is 144 Å². The number of hydrogen-bond donors (Lipinski definition) is 2. The molecule has 2 N–H and O–H groups in total. The van der Waals surface area contributed by atoms with E-state index in [1.165, 1.54) is 0 Å². The number of hydrogen-bond acceptors (Lipinski definition) is 3. The van der Waals surface area contributed by atoms with Crippen molar-refractivity contribution in [2.45, 2.75) is 0 Å². The summed E-state index contributed by atoms with van der Waals surface area (Å²) in [5.74, 6) is -0.0569.